The molecule has 2 aromatic carbocycles. The van der Waals surface area contributed by atoms with Crippen molar-refractivity contribution in [1.82, 2.24) is 10.3 Å². The first-order valence-corrected chi connectivity index (χ1v) is 9.93. The number of pyridine rings is 1. The molecule has 5 heteroatoms. The van der Waals surface area contributed by atoms with E-state index in [4.69, 9.17) is 4.74 Å². The summed E-state index contributed by atoms with van der Waals surface area (Å²) in [4.78, 5) is 19.5. The van der Waals surface area contributed by atoms with Crippen LogP contribution in [0.5, 0.6) is 0 Å². The molecule has 148 valence electrons. The minimum Gasteiger partial charge on any atom is -0.378 e. The summed E-state index contributed by atoms with van der Waals surface area (Å²) in [5.74, 6) is -0.105. The summed E-state index contributed by atoms with van der Waals surface area (Å²) < 4.78 is 5.40. The maximum atomic E-state index is 12.6. The lowest BCUT2D eigenvalue weighted by atomic mass is 10.1. The predicted molar refractivity (Wildman–Crippen MR) is 115 cm³/mol. The fourth-order valence-corrected chi connectivity index (χ4v) is 3.49. The molecule has 0 unspecified atom stereocenters. The van der Waals surface area contributed by atoms with E-state index >= 15 is 0 Å². The number of carbonyl (C=O) groups is 1. The van der Waals surface area contributed by atoms with E-state index in [1.165, 1.54) is 5.69 Å². The van der Waals surface area contributed by atoms with Gasteiger partial charge in [0.05, 0.1) is 30.2 Å². The second-order valence-electron chi connectivity index (χ2n) is 7.14. The number of benzene rings is 2. The number of nitrogens with one attached hydrogen (secondary N) is 1. The Kier molecular flexibility index (Phi) is 5.86. The number of anilines is 1. The van der Waals surface area contributed by atoms with Gasteiger partial charge >= 0.3 is 0 Å². The third kappa shape index (κ3) is 4.63. The van der Waals surface area contributed by atoms with Crippen LogP contribution in [0.1, 0.15) is 21.6 Å². The number of carbonyl (C=O) groups excluding carboxylic acids is 1. The van der Waals surface area contributed by atoms with Crippen LogP contribution in [-0.4, -0.2) is 37.2 Å². The zero-order valence-electron chi connectivity index (χ0n) is 16.6. The summed E-state index contributed by atoms with van der Waals surface area (Å²) >= 11 is 0. The lowest BCUT2D eigenvalue weighted by molar-refractivity contribution is 0.0950. The van der Waals surface area contributed by atoms with Crippen molar-refractivity contribution in [3.63, 3.8) is 0 Å². The molecule has 4 rings (SSSR count). The van der Waals surface area contributed by atoms with Gasteiger partial charge in [0.25, 0.3) is 5.91 Å². The van der Waals surface area contributed by atoms with Crippen LogP contribution in [0.25, 0.3) is 11.3 Å². The summed E-state index contributed by atoms with van der Waals surface area (Å²) in [5.41, 5.74) is 5.52. The Morgan fingerprint density at radius 2 is 1.72 bits per heavy atom. The lowest BCUT2D eigenvalue weighted by Gasteiger charge is -2.28. The zero-order valence-corrected chi connectivity index (χ0v) is 16.6. The molecule has 0 saturated carbocycles. The first-order chi connectivity index (χ1) is 14.2. The van der Waals surface area contributed by atoms with E-state index < -0.39 is 0 Å². The highest BCUT2D eigenvalue weighted by molar-refractivity contribution is 5.95. The molecule has 1 aromatic heterocycles. The third-order valence-corrected chi connectivity index (χ3v) is 5.17. The number of aromatic nitrogens is 1. The third-order valence-electron chi connectivity index (χ3n) is 5.17. The number of rotatable bonds is 5. The molecule has 29 heavy (non-hydrogen) atoms. The van der Waals surface area contributed by atoms with Crippen molar-refractivity contribution in [3.05, 3.63) is 83.6 Å². The smallest absolute Gasteiger partial charge is 0.253 e. The normalized spacial score (nSPS) is 13.9. The molecule has 1 N–H and O–H groups in total. The van der Waals surface area contributed by atoms with Gasteiger partial charge in [-0.1, -0.05) is 42.5 Å². The van der Waals surface area contributed by atoms with Crippen molar-refractivity contribution in [3.8, 4) is 11.3 Å². The number of aryl methyl sites for hydroxylation is 1. The Morgan fingerprint density at radius 1 is 1.00 bits per heavy atom. The van der Waals surface area contributed by atoms with Crippen molar-refractivity contribution < 1.29 is 9.53 Å². The maximum absolute atomic E-state index is 12.6. The number of ether oxygens (including phenoxy) is 1. The van der Waals surface area contributed by atoms with Crippen LogP contribution in [0.2, 0.25) is 0 Å². The van der Waals surface area contributed by atoms with Gasteiger partial charge < -0.3 is 15.0 Å². The zero-order chi connectivity index (χ0) is 20.1. The lowest BCUT2D eigenvalue weighted by Crippen LogP contribution is -2.36. The van der Waals surface area contributed by atoms with Gasteiger partial charge in [-0.05, 0) is 36.8 Å². The average Bonchev–Trinajstić information content (AvgIpc) is 2.79. The first-order valence-electron chi connectivity index (χ1n) is 9.93. The molecule has 1 aliphatic rings. The van der Waals surface area contributed by atoms with E-state index in [1.54, 1.807) is 0 Å². The first kappa shape index (κ1) is 19.2. The maximum Gasteiger partial charge on any atom is 0.253 e. The Labute approximate surface area is 171 Å². The molecule has 3 aromatic rings. The van der Waals surface area contributed by atoms with E-state index in [2.05, 4.69) is 39.5 Å². The number of morpholine rings is 1. The predicted octanol–water partition coefficient (Wildman–Crippen LogP) is 3.82. The van der Waals surface area contributed by atoms with Crippen molar-refractivity contribution >= 4 is 11.6 Å². The Balaban J connectivity index is 1.38. The molecule has 2 heterocycles. The fourth-order valence-electron chi connectivity index (χ4n) is 3.49. The number of amides is 1. The minimum atomic E-state index is -0.105. The van der Waals surface area contributed by atoms with E-state index in [1.807, 2.05) is 49.4 Å². The quantitative estimate of drug-likeness (QED) is 0.723. The molecule has 0 radical (unpaired) electrons. The summed E-state index contributed by atoms with van der Waals surface area (Å²) in [5, 5.41) is 3.00. The van der Waals surface area contributed by atoms with Crippen molar-refractivity contribution in [2.75, 3.05) is 31.2 Å². The summed E-state index contributed by atoms with van der Waals surface area (Å²) in [6.45, 7) is 5.74. The van der Waals surface area contributed by atoms with E-state index in [0.29, 0.717) is 12.1 Å². The van der Waals surface area contributed by atoms with Crippen LogP contribution >= 0.6 is 0 Å². The largest absolute Gasteiger partial charge is 0.378 e. The van der Waals surface area contributed by atoms with E-state index in [0.717, 1.165) is 48.8 Å². The molecule has 0 spiro atoms. The van der Waals surface area contributed by atoms with Gasteiger partial charge in [-0.25, -0.2) is 0 Å². The van der Waals surface area contributed by atoms with Crippen molar-refractivity contribution in [1.29, 1.82) is 0 Å². The minimum absolute atomic E-state index is 0.105. The molecule has 1 saturated heterocycles. The SMILES string of the molecule is Cc1nc(-c2ccccc2)ccc1C(=O)NCc1ccc(N2CCOCC2)cc1. The van der Waals surface area contributed by atoms with Crippen LogP contribution in [0.4, 0.5) is 5.69 Å². The Hall–Kier alpha value is -3.18. The molecule has 0 atom stereocenters. The van der Waals surface area contributed by atoms with Crippen LogP contribution in [0.15, 0.2) is 66.7 Å². The molecule has 0 bridgehead atoms. The van der Waals surface area contributed by atoms with Gasteiger partial charge in [0, 0.05) is 30.9 Å². The van der Waals surface area contributed by atoms with Gasteiger partial charge in [-0.15, -0.1) is 0 Å². The number of hydrogen-bond donors (Lipinski definition) is 1. The molecule has 1 aliphatic heterocycles. The highest BCUT2D eigenvalue weighted by atomic mass is 16.5. The molecule has 0 aliphatic carbocycles. The highest BCUT2D eigenvalue weighted by Crippen LogP contribution is 2.19. The molecule has 5 nitrogen and oxygen atoms in total. The fraction of sp³-hybridized carbons (Fsp3) is 0.250. The van der Waals surface area contributed by atoms with Crippen molar-refractivity contribution in [2.24, 2.45) is 0 Å². The Morgan fingerprint density at radius 3 is 2.41 bits per heavy atom. The average molecular weight is 387 g/mol. The summed E-state index contributed by atoms with van der Waals surface area (Å²) in [7, 11) is 0. The van der Waals surface area contributed by atoms with E-state index in [9.17, 15) is 4.79 Å². The monoisotopic (exact) mass is 387 g/mol. The molecular formula is C24H25N3O2. The second-order valence-corrected chi connectivity index (χ2v) is 7.14. The highest BCUT2D eigenvalue weighted by Gasteiger charge is 2.13. The standard InChI is InChI=1S/C24H25N3O2/c1-18-22(11-12-23(26-18)20-5-3-2-4-6-20)24(28)25-17-19-7-9-21(10-8-19)27-13-15-29-16-14-27/h2-12H,13-17H2,1H3,(H,25,28). The van der Waals surface area contributed by atoms with Crippen LogP contribution < -0.4 is 10.2 Å². The topological polar surface area (TPSA) is 54.5 Å². The molecular weight excluding hydrogens is 362 g/mol. The molecule has 1 amide bonds. The van der Waals surface area contributed by atoms with Crippen LogP contribution in [0.3, 0.4) is 0 Å². The van der Waals surface area contributed by atoms with Crippen LogP contribution in [-0.2, 0) is 11.3 Å². The van der Waals surface area contributed by atoms with Gasteiger partial charge in [0.1, 0.15) is 0 Å². The summed E-state index contributed by atoms with van der Waals surface area (Å²) in [6, 6.07) is 22.1. The second kappa shape index (κ2) is 8.88. The Bertz CT molecular complexity index is 965. The van der Waals surface area contributed by atoms with Gasteiger partial charge in [-0.2, -0.15) is 0 Å². The van der Waals surface area contributed by atoms with Gasteiger partial charge in [0.2, 0.25) is 0 Å². The number of nitrogens with zero attached hydrogens (tertiary/aromatic N) is 2. The molecule has 1 fully saturated rings. The van der Waals surface area contributed by atoms with E-state index in [-0.39, 0.29) is 5.91 Å². The van der Waals surface area contributed by atoms with Gasteiger partial charge in [-0.3, -0.25) is 9.78 Å². The van der Waals surface area contributed by atoms with Crippen LogP contribution in [0, 0.1) is 6.92 Å². The van der Waals surface area contributed by atoms with Crippen molar-refractivity contribution in [2.45, 2.75) is 13.5 Å². The summed E-state index contributed by atoms with van der Waals surface area (Å²) in [6.07, 6.45) is 0. The number of hydrogen-bond acceptors (Lipinski definition) is 4. The van der Waals surface area contributed by atoms with Gasteiger partial charge in [0.15, 0.2) is 0 Å².